The molecule has 0 aromatic heterocycles. The summed E-state index contributed by atoms with van der Waals surface area (Å²) < 4.78 is 0. The van der Waals surface area contributed by atoms with Gasteiger partial charge in [-0.15, -0.1) is 0 Å². The summed E-state index contributed by atoms with van der Waals surface area (Å²) in [5.74, 6) is 0. The van der Waals surface area contributed by atoms with Crippen LogP contribution in [-0.2, 0) is 0 Å². The topological polar surface area (TPSA) is 12.0 Å². The summed E-state index contributed by atoms with van der Waals surface area (Å²) in [6.07, 6.45) is 0. The van der Waals surface area contributed by atoms with Crippen molar-refractivity contribution in [2.75, 3.05) is 0 Å². The van der Waals surface area contributed by atoms with Crippen molar-refractivity contribution in [1.82, 2.24) is 4.98 Å². The van der Waals surface area contributed by atoms with E-state index in [2.05, 4.69) is 61.9 Å². The fourth-order valence-corrected chi connectivity index (χ4v) is 2.94. The first kappa shape index (κ1) is 10.5. The lowest BCUT2D eigenvalue weighted by Crippen LogP contribution is -2.42. The van der Waals surface area contributed by atoms with Gasteiger partial charge in [-0.05, 0) is 12.5 Å². The van der Waals surface area contributed by atoms with Crippen LogP contribution in [-0.4, -0.2) is 8.24 Å². The Labute approximate surface area is 82.3 Å². The number of hydrogen-bond acceptors (Lipinski definition) is 1. The Balaban J connectivity index is 2.64. The molecule has 0 aliphatic heterocycles. The van der Waals surface area contributed by atoms with Crippen molar-refractivity contribution in [3.63, 3.8) is 0 Å². The van der Waals surface area contributed by atoms with Crippen molar-refractivity contribution in [2.24, 2.45) is 0 Å². The highest BCUT2D eigenvalue weighted by molar-refractivity contribution is 6.73. The Hall–Kier alpha value is -0.603. The lowest BCUT2D eigenvalue weighted by Gasteiger charge is -2.24. The summed E-state index contributed by atoms with van der Waals surface area (Å²) in [6, 6.07) is 11.1. The molecule has 0 radical (unpaired) electrons. The molecule has 1 aromatic rings. The van der Waals surface area contributed by atoms with Crippen LogP contribution >= 0.6 is 0 Å². The van der Waals surface area contributed by atoms with Gasteiger partial charge < -0.3 is 4.98 Å². The first-order valence-electron chi connectivity index (χ1n) is 4.82. The summed E-state index contributed by atoms with van der Waals surface area (Å²) >= 11 is 0. The van der Waals surface area contributed by atoms with E-state index < -0.39 is 8.24 Å². The van der Waals surface area contributed by atoms with Gasteiger partial charge in [-0.3, -0.25) is 0 Å². The van der Waals surface area contributed by atoms with Crippen LogP contribution in [0.5, 0.6) is 0 Å². The minimum atomic E-state index is -1.15. The van der Waals surface area contributed by atoms with Gasteiger partial charge >= 0.3 is 0 Å². The van der Waals surface area contributed by atoms with Crippen LogP contribution in [0.3, 0.4) is 0 Å². The largest absolute Gasteiger partial charge is 0.331 e. The van der Waals surface area contributed by atoms with E-state index in [1.165, 1.54) is 5.56 Å². The number of benzene rings is 1. The third-order valence-corrected chi connectivity index (χ3v) is 3.25. The van der Waals surface area contributed by atoms with Gasteiger partial charge in [-0.1, -0.05) is 50.0 Å². The fraction of sp³-hybridized carbons (Fsp3) is 0.455. The van der Waals surface area contributed by atoms with Crippen LogP contribution in [0.15, 0.2) is 30.3 Å². The van der Waals surface area contributed by atoms with E-state index >= 15 is 0 Å². The highest BCUT2D eigenvalue weighted by Crippen LogP contribution is 2.13. The van der Waals surface area contributed by atoms with Gasteiger partial charge in [-0.2, -0.15) is 0 Å². The maximum absolute atomic E-state index is 3.67. The van der Waals surface area contributed by atoms with Crippen LogP contribution in [0, 0.1) is 0 Å². The summed E-state index contributed by atoms with van der Waals surface area (Å²) in [6.45, 7) is 9.21. The van der Waals surface area contributed by atoms with E-state index in [9.17, 15) is 0 Å². The first-order valence-corrected chi connectivity index (χ1v) is 8.32. The van der Waals surface area contributed by atoms with Crippen molar-refractivity contribution in [2.45, 2.75) is 32.6 Å². The Morgan fingerprint density at radius 2 is 1.62 bits per heavy atom. The molecule has 0 unspecified atom stereocenters. The Morgan fingerprint density at radius 1 is 1.08 bits per heavy atom. The first-order chi connectivity index (χ1) is 5.99. The maximum Gasteiger partial charge on any atom is 0.116 e. The molecule has 1 atom stereocenters. The summed E-state index contributed by atoms with van der Waals surface area (Å²) in [4.78, 5) is 3.67. The Kier molecular flexibility index (Phi) is 3.28. The van der Waals surface area contributed by atoms with Crippen LogP contribution in [0.4, 0.5) is 0 Å². The molecule has 0 heterocycles. The second kappa shape index (κ2) is 4.07. The van der Waals surface area contributed by atoms with E-state index in [1.807, 2.05) is 0 Å². The van der Waals surface area contributed by atoms with Gasteiger partial charge in [0.15, 0.2) is 0 Å². The summed E-state index contributed by atoms with van der Waals surface area (Å²) in [5, 5.41) is 0. The van der Waals surface area contributed by atoms with Gasteiger partial charge in [0.2, 0.25) is 0 Å². The molecular formula is C11H19NSi. The van der Waals surface area contributed by atoms with Crippen molar-refractivity contribution >= 4 is 8.24 Å². The van der Waals surface area contributed by atoms with Crippen LogP contribution in [0.25, 0.3) is 0 Å². The molecule has 0 spiro atoms. The lowest BCUT2D eigenvalue weighted by atomic mass is 10.1. The summed E-state index contributed by atoms with van der Waals surface area (Å²) in [5.41, 5.74) is 1.38. The third kappa shape index (κ3) is 3.74. The molecular weight excluding hydrogens is 174 g/mol. The van der Waals surface area contributed by atoms with Gasteiger partial charge in [0.05, 0.1) is 0 Å². The van der Waals surface area contributed by atoms with Crippen LogP contribution < -0.4 is 4.98 Å². The zero-order valence-electron chi connectivity index (χ0n) is 8.96. The van der Waals surface area contributed by atoms with Crippen molar-refractivity contribution in [3.8, 4) is 0 Å². The van der Waals surface area contributed by atoms with Crippen molar-refractivity contribution in [1.29, 1.82) is 0 Å². The monoisotopic (exact) mass is 193 g/mol. The van der Waals surface area contributed by atoms with E-state index in [0.717, 1.165) is 0 Å². The van der Waals surface area contributed by atoms with E-state index in [1.54, 1.807) is 0 Å². The van der Waals surface area contributed by atoms with Gasteiger partial charge in [0, 0.05) is 6.04 Å². The maximum atomic E-state index is 3.67. The second-order valence-corrected chi connectivity index (χ2v) is 9.32. The van der Waals surface area contributed by atoms with Crippen LogP contribution in [0.2, 0.25) is 19.6 Å². The molecule has 1 N–H and O–H groups in total. The zero-order valence-corrected chi connectivity index (χ0v) is 9.96. The molecule has 13 heavy (non-hydrogen) atoms. The quantitative estimate of drug-likeness (QED) is 0.727. The minimum Gasteiger partial charge on any atom is -0.331 e. The van der Waals surface area contributed by atoms with Gasteiger partial charge in [-0.25, -0.2) is 0 Å². The molecule has 1 rings (SSSR count). The zero-order chi connectivity index (χ0) is 9.90. The molecule has 0 saturated heterocycles. The number of nitrogens with one attached hydrogen (secondary N) is 1. The van der Waals surface area contributed by atoms with E-state index in [4.69, 9.17) is 0 Å². The highest BCUT2D eigenvalue weighted by atomic mass is 28.3. The van der Waals surface area contributed by atoms with E-state index in [0.29, 0.717) is 6.04 Å². The predicted octanol–water partition coefficient (Wildman–Crippen LogP) is 3.17. The van der Waals surface area contributed by atoms with E-state index in [-0.39, 0.29) is 0 Å². The number of rotatable bonds is 3. The Bertz CT molecular complexity index is 251. The SMILES string of the molecule is C[C@@H](N[Si](C)(C)C)c1ccccc1. The molecule has 72 valence electrons. The lowest BCUT2D eigenvalue weighted by molar-refractivity contribution is 0.718. The molecule has 0 fully saturated rings. The highest BCUT2D eigenvalue weighted by Gasteiger charge is 2.16. The molecule has 0 aliphatic carbocycles. The predicted molar refractivity (Wildman–Crippen MR) is 61.3 cm³/mol. The molecule has 0 aliphatic rings. The molecule has 1 aromatic carbocycles. The normalized spacial score (nSPS) is 14.2. The minimum absolute atomic E-state index is 0.480. The molecule has 1 nitrogen and oxygen atoms in total. The second-order valence-electron chi connectivity index (χ2n) is 4.53. The average molecular weight is 193 g/mol. The Morgan fingerprint density at radius 3 is 2.08 bits per heavy atom. The van der Waals surface area contributed by atoms with Crippen LogP contribution in [0.1, 0.15) is 18.5 Å². The molecule has 0 saturated carbocycles. The summed E-state index contributed by atoms with van der Waals surface area (Å²) in [7, 11) is -1.15. The average Bonchev–Trinajstić information content (AvgIpc) is 2.03. The van der Waals surface area contributed by atoms with Crippen molar-refractivity contribution in [3.05, 3.63) is 35.9 Å². The standard InChI is InChI=1S/C11H19NSi/c1-10(12-13(2,3)4)11-8-6-5-7-9-11/h5-10,12H,1-4H3/t10-/m1/s1. The molecule has 2 heteroatoms. The fourth-order valence-electron chi connectivity index (χ4n) is 1.47. The van der Waals surface area contributed by atoms with Gasteiger partial charge in [0.1, 0.15) is 8.24 Å². The van der Waals surface area contributed by atoms with Crippen molar-refractivity contribution < 1.29 is 0 Å². The third-order valence-electron chi connectivity index (χ3n) is 1.95. The molecule has 0 amide bonds. The van der Waals surface area contributed by atoms with Gasteiger partial charge in [0.25, 0.3) is 0 Å². The molecule has 0 bridgehead atoms. The number of hydrogen-bond donors (Lipinski definition) is 1. The smallest absolute Gasteiger partial charge is 0.116 e.